The average molecular weight is 242 g/mol. The molecule has 94 valence electrons. The molecule has 2 rings (SSSR count). The summed E-state index contributed by atoms with van der Waals surface area (Å²) in [6.45, 7) is 8.15. The van der Waals surface area contributed by atoms with E-state index in [2.05, 4.69) is 36.8 Å². The molecule has 3 nitrogen and oxygen atoms in total. The summed E-state index contributed by atoms with van der Waals surface area (Å²) >= 11 is 0. The zero-order chi connectivity index (χ0) is 13.3. The van der Waals surface area contributed by atoms with E-state index in [1.54, 1.807) is 13.3 Å². The molecule has 3 heteroatoms. The van der Waals surface area contributed by atoms with E-state index in [1.165, 1.54) is 11.1 Å². The summed E-state index contributed by atoms with van der Waals surface area (Å²) < 4.78 is 5.57. The number of methoxy groups -OCH3 is 1. The molecule has 0 spiro atoms. The second kappa shape index (κ2) is 4.77. The van der Waals surface area contributed by atoms with Crippen molar-refractivity contribution in [1.82, 2.24) is 9.97 Å². The Labute approximate surface area is 108 Å². The zero-order valence-corrected chi connectivity index (χ0v) is 11.5. The first-order valence-corrected chi connectivity index (χ1v) is 5.99. The van der Waals surface area contributed by atoms with Gasteiger partial charge in [-0.05, 0) is 50.5 Å². The SMILES string of the molecule is COc1c(C)c(C)cc(C)c1-c1ccnc(C)n1. The van der Waals surface area contributed by atoms with Gasteiger partial charge in [0.2, 0.25) is 0 Å². The van der Waals surface area contributed by atoms with Gasteiger partial charge < -0.3 is 4.74 Å². The number of ether oxygens (including phenoxy) is 1. The first-order valence-electron chi connectivity index (χ1n) is 5.99. The quantitative estimate of drug-likeness (QED) is 0.809. The molecule has 0 N–H and O–H groups in total. The Morgan fingerprint density at radius 2 is 1.78 bits per heavy atom. The number of rotatable bonds is 2. The average Bonchev–Trinajstić information content (AvgIpc) is 2.33. The highest BCUT2D eigenvalue weighted by Gasteiger charge is 2.15. The highest BCUT2D eigenvalue weighted by molar-refractivity contribution is 5.73. The zero-order valence-electron chi connectivity index (χ0n) is 11.5. The van der Waals surface area contributed by atoms with Gasteiger partial charge in [-0.25, -0.2) is 9.97 Å². The smallest absolute Gasteiger partial charge is 0.131 e. The molecular formula is C15H18N2O. The van der Waals surface area contributed by atoms with Crippen LogP contribution >= 0.6 is 0 Å². The van der Waals surface area contributed by atoms with Crippen LogP contribution < -0.4 is 4.74 Å². The molecular weight excluding hydrogens is 224 g/mol. The molecule has 0 saturated heterocycles. The Morgan fingerprint density at radius 1 is 1.06 bits per heavy atom. The minimum Gasteiger partial charge on any atom is -0.496 e. The van der Waals surface area contributed by atoms with Gasteiger partial charge >= 0.3 is 0 Å². The Kier molecular flexibility index (Phi) is 3.32. The molecule has 0 atom stereocenters. The monoisotopic (exact) mass is 242 g/mol. The third kappa shape index (κ3) is 2.08. The summed E-state index contributed by atoms with van der Waals surface area (Å²) in [5.74, 6) is 1.68. The molecule has 0 bridgehead atoms. The summed E-state index contributed by atoms with van der Waals surface area (Å²) in [5.41, 5.74) is 5.55. The van der Waals surface area contributed by atoms with Gasteiger partial charge in [0.05, 0.1) is 12.8 Å². The van der Waals surface area contributed by atoms with Crippen LogP contribution in [0.25, 0.3) is 11.3 Å². The van der Waals surface area contributed by atoms with Crippen molar-refractivity contribution in [3.05, 3.63) is 40.8 Å². The van der Waals surface area contributed by atoms with Crippen molar-refractivity contribution in [3.8, 4) is 17.0 Å². The van der Waals surface area contributed by atoms with Gasteiger partial charge in [-0.2, -0.15) is 0 Å². The maximum absolute atomic E-state index is 5.57. The van der Waals surface area contributed by atoms with Gasteiger partial charge in [0, 0.05) is 11.8 Å². The van der Waals surface area contributed by atoms with Crippen LogP contribution in [0.2, 0.25) is 0 Å². The maximum atomic E-state index is 5.57. The van der Waals surface area contributed by atoms with Gasteiger partial charge in [0.25, 0.3) is 0 Å². The molecule has 18 heavy (non-hydrogen) atoms. The van der Waals surface area contributed by atoms with Gasteiger partial charge in [-0.3, -0.25) is 0 Å². The summed E-state index contributed by atoms with van der Waals surface area (Å²) in [4.78, 5) is 8.63. The first-order chi connectivity index (χ1) is 8.54. The summed E-state index contributed by atoms with van der Waals surface area (Å²) in [6.07, 6.45) is 1.78. The van der Waals surface area contributed by atoms with Gasteiger partial charge in [-0.1, -0.05) is 6.07 Å². The van der Waals surface area contributed by atoms with Crippen LogP contribution in [0.4, 0.5) is 0 Å². The van der Waals surface area contributed by atoms with Crippen molar-refractivity contribution < 1.29 is 4.74 Å². The highest BCUT2D eigenvalue weighted by Crippen LogP contribution is 2.36. The van der Waals surface area contributed by atoms with Crippen molar-refractivity contribution >= 4 is 0 Å². The Morgan fingerprint density at radius 3 is 2.39 bits per heavy atom. The molecule has 1 aromatic carbocycles. The van der Waals surface area contributed by atoms with E-state index < -0.39 is 0 Å². The van der Waals surface area contributed by atoms with Crippen LogP contribution in [-0.4, -0.2) is 17.1 Å². The summed E-state index contributed by atoms with van der Waals surface area (Å²) in [7, 11) is 1.71. The molecule has 0 aliphatic heterocycles. The van der Waals surface area contributed by atoms with Crippen molar-refractivity contribution in [2.45, 2.75) is 27.7 Å². The summed E-state index contributed by atoms with van der Waals surface area (Å²) in [5, 5.41) is 0. The Hall–Kier alpha value is -1.90. The lowest BCUT2D eigenvalue weighted by Crippen LogP contribution is -1.99. The molecule has 0 fully saturated rings. The van der Waals surface area contributed by atoms with E-state index in [0.717, 1.165) is 28.4 Å². The maximum Gasteiger partial charge on any atom is 0.131 e. The molecule has 2 aromatic rings. The van der Waals surface area contributed by atoms with E-state index in [0.29, 0.717) is 0 Å². The second-order valence-corrected chi connectivity index (χ2v) is 4.53. The van der Waals surface area contributed by atoms with Crippen LogP contribution in [0.1, 0.15) is 22.5 Å². The molecule has 0 aliphatic carbocycles. The van der Waals surface area contributed by atoms with Crippen molar-refractivity contribution in [2.24, 2.45) is 0 Å². The van der Waals surface area contributed by atoms with Gasteiger partial charge in [0.15, 0.2) is 0 Å². The summed E-state index contributed by atoms with van der Waals surface area (Å²) in [6, 6.07) is 4.09. The van der Waals surface area contributed by atoms with Crippen molar-refractivity contribution in [2.75, 3.05) is 7.11 Å². The normalized spacial score (nSPS) is 10.5. The van der Waals surface area contributed by atoms with Crippen LogP contribution in [0.15, 0.2) is 18.3 Å². The molecule has 0 saturated carbocycles. The Bertz CT molecular complexity index is 591. The van der Waals surface area contributed by atoms with Gasteiger partial charge in [-0.15, -0.1) is 0 Å². The van der Waals surface area contributed by atoms with Crippen LogP contribution in [0, 0.1) is 27.7 Å². The molecule has 0 amide bonds. The number of hydrogen-bond acceptors (Lipinski definition) is 3. The fourth-order valence-electron chi connectivity index (χ4n) is 2.22. The minimum absolute atomic E-state index is 0.771. The van der Waals surface area contributed by atoms with E-state index in [4.69, 9.17) is 4.74 Å². The topological polar surface area (TPSA) is 35.0 Å². The number of benzene rings is 1. The lowest BCUT2D eigenvalue weighted by Gasteiger charge is -2.16. The lowest BCUT2D eigenvalue weighted by atomic mass is 9.97. The van der Waals surface area contributed by atoms with Crippen LogP contribution in [0.3, 0.4) is 0 Å². The van der Waals surface area contributed by atoms with Crippen molar-refractivity contribution in [3.63, 3.8) is 0 Å². The third-order valence-electron chi connectivity index (χ3n) is 3.22. The van der Waals surface area contributed by atoms with Gasteiger partial charge in [0.1, 0.15) is 11.6 Å². The molecule has 1 heterocycles. The fourth-order valence-corrected chi connectivity index (χ4v) is 2.22. The molecule has 1 aromatic heterocycles. The number of nitrogens with zero attached hydrogens (tertiary/aromatic N) is 2. The standard InChI is InChI=1S/C15H18N2O/c1-9-8-10(2)14(15(18-5)11(9)3)13-6-7-16-12(4)17-13/h6-8H,1-5H3. The van der Waals surface area contributed by atoms with E-state index in [1.807, 2.05) is 13.0 Å². The Balaban J connectivity index is 2.74. The second-order valence-electron chi connectivity index (χ2n) is 4.53. The molecule has 0 unspecified atom stereocenters. The van der Waals surface area contributed by atoms with Crippen LogP contribution in [-0.2, 0) is 0 Å². The van der Waals surface area contributed by atoms with Crippen LogP contribution in [0.5, 0.6) is 5.75 Å². The highest BCUT2D eigenvalue weighted by atomic mass is 16.5. The molecule has 0 aliphatic rings. The third-order valence-corrected chi connectivity index (χ3v) is 3.22. The lowest BCUT2D eigenvalue weighted by molar-refractivity contribution is 0.412. The van der Waals surface area contributed by atoms with E-state index in [-0.39, 0.29) is 0 Å². The number of aryl methyl sites for hydroxylation is 3. The minimum atomic E-state index is 0.771. The van der Waals surface area contributed by atoms with Crippen molar-refractivity contribution in [1.29, 1.82) is 0 Å². The first kappa shape index (κ1) is 12.6. The number of hydrogen-bond donors (Lipinski definition) is 0. The van der Waals surface area contributed by atoms with E-state index in [9.17, 15) is 0 Å². The predicted octanol–water partition coefficient (Wildman–Crippen LogP) is 3.39. The molecule has 0 radical (unpaired) electrons. The predicted molar refractivity (Wildman–Crippen MR) is 73.0 cm³/mol. The number of aromatic nitrogens is 2. The largest absolute Gasteiger partial charge is 0.496 e. The van der Waals surface area contributed by atoms with E-state index >= 15 is 0 Å². The fraction of sp³-hybridized carbons (Fsp3) is 0.333.